The number of hydrogen-bond acceptors (Lipinski definition) is 5. The lowest BCUT2D eigenvalue weighted by atomic mass is 10.3. The summed E-state index contributed by atoms with van der Waals surface area (Å²) in [6.45, 7) is 7.54. The standard InChI is InChI=1S/C15H22N6O2/c1-5-7-8-19-13(22)11-12(18(4)15(19)23)16-14-20(11)9-10(3)17-21(14)6-2/h5-9H2,1-4H3. The van der Waals surface area contributed by atoms with E-state index in [2.05, 4.69) is 10.1 Å². The topological polar surface area (TPSA) is 77.4 Å². The largest absolute Gasteiger partial charge is 0.332 e. The van der Waals surface area contributed by atoms with Gasteiger partial charge in [-0.1, -0.05) is 13.3 Å². The molecule has 0 amide bonds. The maximum atomic E-state index is 12.9. The second-order valence-corrected chi connectivity index (χ2v) is 5.87. The second kappa shape index (κ2) is 5.68. The molecule has 1 aliphatic rings. The molecule has 23 heavy (non-hydrogen) atoms. The van der Waals surface area contributed by atoms with Crippen molar-refractivity contribution in [1.29, 1.82) is 0 Å². The number of aromatic nitrogens is 4. The number of fused-ring (bicyclic) bond motifs is 3. The summed E-state index contributed by atoms with van der Waals surface area (Å²) in [6, 6.07) is 0. The average molecular weight is 318 g/mol. The molecule has 0 aromatic carbocycles. The Morgan fingerprint density at radius 3 is 2.61 bits per heavy atom. The predicted molar refractivity (Wildman–Crippen MR) is 90.3 cm³/mol. The summed E-state index contributed by atoms with van der Waals surface area (Å²) in [6.07, 6.45) is 1.72. The van der Waals surface area contributed by atoms with E-state index in [1.165, 1.54) is 9.13 Å². The molecule has 0 fully saturated rings. The van der Waals surface area contributed by atoms with Gasteiger partial charge in [-0.3, -0.25) is 18.5 Å². The van der Waals surface area contributed by atoms with E-state index in [1.807, 2.05) is 25.3 Å². The molecule has 0 N–H and O–H groups in total. The molecule has 124 valence electrons. The number of anilines is 1. The summed E-state index contributed by atoms with van der Waals surface area (Å²) in [7, 11) is 1.66. The number of hydrazone groups is 1. The van der Waals surface area contributed by atoms with Crippen molar-refractivity contribution in [3.05, 3.63) is 20.8 Å². The van der Waals surface area contributed by atoms with E-state index in [0.717, 1.165) is 18.6 Å². The van der Waals surface area contributed by atoms with E-state index >= 15 is 0 Å². The van der Waals surface area contributed by atoms with Gasteiger partial charge in [0, 0.05) is 20.1 Å². The van der Waals surface area contributed by atoms with E-state index in [0.29, 0.717) is 36.7 Å². The van der Waals surface area contributed by atoms with Crippen molar-refractivity contribution >= 4 is 22.8 Å². The van der Waals surface area contributed by atoms with Gasteiger partial charge in [-0.2, -0.15) is 10.1 Å². The summed E-state index contributed by atoms with van der Waals surface area (Å²) >= 11 is 0. The van der Waals surface area contributed by atoms with Crippen LogP contribution in [0, 0.1) is 0 Å². The van der Waals surface area contributed by atoms with E-state index in [1.54, 1.807) is 12.1 Å². The highest BCUT2D eigenvalue weighted by atomic mass is 16.2. The molecule has 0 saturated carbocycles. The lowest BCUT2D eigenvalue weighted by molar-refractivity contribution is 0.565. The summed E-state index contributed by atoms with van der Waals surface area (Å²) in [5.41, 5.74) is 1.23. The van der Waals surface area contributed by atoms with Crippen LogP contribution in [0.5, 0.6) is 0 Å². The van der Waals surface area contributed by atoms with Crippen molar-refractivity contribution in [3.63, 3.8) is 0 Å². The first kappa shape index (κ1) is 15.5. The fraction of sp³-hybridized carbons (Fsp3) is 0.600. The molecule has 2 aromatic rings. The van der Waals surface area contributed by atoms with Crippen molar-refractivity contribution < 1.29 is 0 Å². The lowest BCUT2D eigenvalue weighted by Gasteiger charge is -2.23. The monoisotopic (exact) mass is 318 g/mol. The van der Waals surface area contributed by atoms with E-state index in [4.69, 9.17) is 0 Å². The molecule has 0 bridgehead atoms. The molecule has 0 radical (unpaired) electrons. The van der Waals surface area contributed by atoms with Crippen LogP contribution in [0.15, 0.2) is 14.7 Å². The Kier molecular flexibility index (Phi) is 3.83. The smallest absolute Gasteiger partial charge is 0.297 e. The number of rotatable bonds is 4. The van der Waals surface area contributed by atoms with Crippen molar-refractivity contribution in [3.8, 4) is 0 Å². The number of aryl methyl sites for hydroxylation is 1. The quantitative estimate of drug-likeness (QED) is 0.839. The summed E-state index contributed by atoms with van der Waals surface area (Å²) < 4.78 is 4.64. The molecule has 0 saturated heterocycles. The Labute approximate surface area is 133 Å². The maximum Gasteiger partial charge on any atom is 0.332 e. The first-order valence-corrected chi connectivity index (χ1v) is 8.01. The SMILES string of the molecule is CCCCn1c(=O)c2c(nc3n2CC(C)=NN3CC)n(C)c1=O. The normalized spacial score (nSPS) is 14.3. The van der Waals surface area contributed by atoms with E-state index in [9.17, 15) is 9.59 Å². The molecule has 0 atom stereocenters. The van der Waals surface area contributed by atoms with Crippen LogP contribution in [-0.2, 0) is 20.1 Å². The van der Waals surface area contributed by atoms with Crippen LogP contribution in [-0.4, -0.2) is 30.9 Å². The average Bonchev–Trinajstić information content (AvgIpc) is 2.91. The van der Waals surface area contributed by atoms with E-state index < -0.39 is 0 Å². The Morgan fingerprint density at radius 2 is 1.96 bits per heavy atom. The minimum absolute atomic E-state index is 0.263. The van der Waals surface area contributed by atoms with Crippen LogP contribution >= 0.6 is 0 Å². The predicted octanol–water partition coefficient (Wildman–Crippen LogP) is 0.913. The highest BCUT2D eigenvalue weighted by molar-refractivity contribution is 5.87. The first-order chi connectivity index (χ1) is 11.0. The van der Waals surface area contributed by atoms with Gasteiger partial charge in [0.2, 0.25) is 5.95 Å². The first-order valence-electron chi connectivity index (χ1n) is 8.01. The van der Waals surface area contributed by atoms with Crippen molar-refractivity contribution in [2.45, 2.75) is 46.7 Å². The maximum absolute atomic E-state index is 12.9. The molecule has 2 aromatic heterocycles. The fourth-order valence-corrected chi connectivity index (χ4v) is 2.94. The molecule has 0 aliphatic carbocycles. The molecule has 0 spiro atoms. The minimum atomic E-state index is -0.313. The molecule has 3 heterocycles. The summed E-state index contributed by atoms with van der Waals surface area (Å²) in [5.74, 6) is 0.619. The molecular weight excluding hydrogens is 296 g/mol. The zero-order valence-electron chi connectivity index (χ0n) is 14.0. The fourth-order valence-electron chi connectivity index (χ4n) is 2.94. The van der Waals surface area contributed by atoms with Gasteiger partial charge in [-0.15, -0.1) is 0 Å². The van der Waals surface area contributed by atoms with Gasteiger partial charge >= 0.3 is 5.69 Å². The third-order valence-electron chi connectivity index (χ3n) is 4.16. The van der Waals surface area contributed by atoms with Gasteiger partial charge in [0.25, 0.3) is 5.56 Å². The zero-order valence-corrected chi connectivity index (χ0v) is 14.0. The minimum Gasteiger partial charge on any atom is -0.297 e. The molecule has 8 nitrogen and oxygen atoms in total. The van der Waals surface area contributed by atoms with Gasteiger partial charge in [0.15, 0.2) is 11.2 Å². The molecule has 8 heteroatoms. The zero-order chi connectivity index (χ0) is 16.7. The Hall–Kier alpha value is -2.38. The Bertz CT molecular complexity index is 901. The van der Waals surface area contributed by atoms with Crippen LogP contribution in [0.2, 0.25) is 0 Å². The van der Waals surface area contributed by atoms with Gasteiger partial charge in [0.05, 0.1) is 12.3 Å². The van der Waals surface area contributed by atoms with Crippen LogP contribution in [0.25, 0.3) is 11.2 Å². The van der Waals surface area contributed by atoms with Crippen LogP contribution in [0.1, 0.15) is 33.6 Å². The Balaban J connectivity index is 2.33. The summed E-state index contributed by atoms with van der Waals surface area (Å²) in [5, 5.41) is 6.22. The number of imidazole rings is 1. The van der Waals surface area contributed by atoms with Gasteiger partial charge in [0.1, 0.15) is 0 Å². The second-order valence-electron chi connectivity index (χ2n) is 5.87. The molecular formula is C15H22N6O2. The molecule has 3 rings (SSSR count). The van der Waals surface area contributed by atoms with E-state index in [-0.39, 0.29) is 11.2 Å². The van der Waals surface area contributed by atoms with Crippen molar-refractivity contribution in [1.82, 2.24) is 18.7 Å². The highest BCUT2D eigenvalue weighted by Crippen LogP contribution is 2.23. The van der Waals surface area contributed by atoms with Crippen molar-refractivity contribution in [2.24, 2.45) is 12.1 Å². The third-order valence-corrected chi connectivity index (χ3v) is 4.16. The lowest BCUT2D eigenvalue weighted by Crippen LogP contribution is -2.40. The van der Waals surface area contributed by atoms with Gasteiger partial charge in [-0.25, -0.2) is 9.80 Å². The number of nitrogens with zero attached hydrogens (tertiary/aromatic N) is 6. The van der Waals surface area contributed by atoms with Crippen LogP contribution < -0.4 is 16.3 Å². The summed E-state index contributed by atoms with van der Waals surface area (Å²) in [4.78, 5) is 29.9. The van der Waals surface area contributed by atoms with Crippen LogP contribution in [0.4, 0.5) is 5.95 Å². The third kappa shape index (κ3) is 2.29. The van der Waals surface area contributed by atoms with Crippen LogP contribution in [0.3, 0.4) is 0 Å². The van der Waals surface area contributed by atoms with Gasteiger partial charge < -0.3 is 0 Å². The highest BCUT2D eigenvalue weighted by Gasteiger charge is 2.25. The number of unbranched alkanes of at least 4 members (excludes halogenated alkanes) is 1. The van der Waals surface area contributed by atoms with Gasteiger partial charge in [-0.05, 0) is 20.3 Å². The van der Waals surface area contributed by atoms with Crippen molar-refractivity contribution in [2.75, 3.05) is 11.6 Å². The molecule has 0 unspecified atom stereocenters. The Morgan fingerprint density at radius 1 is 1.22 bits per heavy atom. The number of hydrogen-bond donors (Lipinski definition) is 0. The molecule has 1 aliphatic heterocycles.